The predicted octanol–water partition coefficient (Wildman–Crippen LogP) is 4.84. The zero-order chi connectivity index (χ0) is 27.8. The Hall–Kier alpha value is -3.66. The van der Waals surface area contributed by atoms with Crippen molar-refractivity contribution >= 4 is 23.9 Å². The van der Waals surface area contributed by atoms with Crippen LogP contribution in [0, 0.1) is 17.8 Å². The predicted molar refractivity (Wildman–Crippen MR) is 136 cm³/mol. The molecule has 4 aliphatic rings. The van der Waals surface area contributed by atoms with Crippen molar-refractivity contribution in [1.82, 2.24) is 5.43 Å². The number of amides is 1. The second kappa shape index (κ2) is 10.5. The molecule has 0 spiro atoms. The molecule has 0 radical (unpaired) electrons. The number of halogens is 3. The van der Waals surface area contributed by atoms with E-state index in [4.69, 9.17) is 10.6 Å². The van der Waals surface area contributed by atoms with Gasteiger partial charge in [-0.2, -0.15) is 13.2 Å². The smallest absolute Gasteiger partial charge is 0.483 e. The third-order valence-corrected chi connectivity index (χ3v) is 8.18. The lowest BCUT2D eigenvalue weighted by Gasteiger charge is -2.57. The number of rotatable bonds is 7. The molecule has 0 aromatic heterocycles. The van der Waals surface area contributed by atoms with Crippen LogP contribution >= 0.6 is 0 Å². The SMILES string of the molecule is NNC(=O)COc1c(-c2ccccc2)ccc(/C=C/C(=O)OC(=O)C(F)(F)F)c1C12CC3CC(CC(C3)C1)C2. The number of nitrogens with two attached hydrogens (primary N) is 1. The Labute approximate surface area is 223 Å². The van der Waals surface area contributed by atoms with E-state index in [1.807, 2.05) is 30.3 Å². The summed E-state index contributed by atoms with van der Waals surface area (Å²) in [4.78, 5) is 35.4. The Kier molecular flexibility index (Phi) is 7.24. The third kappa shape index (κ3) is 5.56. The Bertz CT molecular complexity index is 1270. The zero-order valence-electron chi connectivity index (χ0n) is 21.1. The van der Waals surface area contributed by atoms with Gasteiger partial charge in [0.1, 0.15) is 5.75 Å². The lowest BCUT2D eigenvalue weighted by molar-refractivity contribution is -0.200. The summed E-state index contributed by atoms with van der Waals surface area (Å²) in [7, 11) is 0. The average Bonchev–Trinajstić information content (AvgIpc) is 2.89. The standard InChI is InChI=1S/C29H29F3N2O5/c30-29(31,32)27(37)39-24(36)9-7-21-6-8-22(20-4-2-1-3-5-20)26(38-16-23(35)34-33)25(21)28-13-17-10-18(14-28)12-19(11-17)15-28/h1-9,17-19H,10-16,33H2,(H,34,35)/b9-7+. The number of hydrogen-bond acceptors (Lipinski definition) is 6. The van der Waals surface area contributed by atoms with Crippen molar-refractivity contribution < 1.29 is 37.0 Å². The van der Waals surface area contributed by atoms with Crippen LogP contribution in [0.3, 0.4) is 0 Å². The van der Waals surface area contributed by atoms with Crippen LogP contribution in [0.15, 0.2) is 48.5 Å². The van der Waals surface area contributed by atoms with E-state index in [2.05, 4.69) is 10.2 Å². The second-order valence-electron chi connectivity index (χ2n) is 10.9. The monoisotopic (exact) mass is 542 g/mol. The van der Waals surface area contributed by atoms with Gasteiger partial charge in [0.25, 0.3) is 5.91 Å². The second-order valence-corrected chi connectivity index (χ2v) is 10.9. The maximum absolute atomic E-state index is 12.6. The summed E-state index contributed by atoms with van der Waals surface area (Å²) >= 11 is 0. The van der Waals surface area contributed by atoms with Crippen molar-refractivity contribution in [3.05, 3.63) is 59.7 Å². The lowest BCUT2D eigenvalue weighted by atomic mass is 9.47. The van der Waals surface area contributed by atoms with E-state index in [0.717, 1.165) is 42.0 Å². The average molecular weight is 543 g/mol. The summed E-state index contributed by atoms with van der Waals surface area (Å²) in [5.41, 5.74) is 4.77. The van der Waals surface area contributed by atoms with Gasteiger partial charge in [0.2, 0.25) is 0 Å². The van der Waals surface area contributed by atoms with E-state index in [-0.39, 0.29) is 12.0 Å². The molecule has 1 amide bonds. The summed E-state index contributed by atoms with van der Waals surface area (Å²) in [6, 6.07) is 13.1. The molecule has 6 rings (SSSR count). The van der Waals surface area contributed by atoms with Gasteiger partial charge in [0.15, 0.2) is 6.61 Å². The van der Waals surface area contributed by atoms with Crippen LogP contribution in [0.2, 0.25) is 0 Å². The van der Waals surface area contributed by atoms with E-state index in [1.54, 1.807) is 12.1 Å². The topological polar surface area (TPSA) is 108 Å². The zero-order valence-corrected chi connectivity index (χ0v) is 21.1. The fourth-order valence-corrected chi connectivity index (χ4v) is 7.22. The number of hydrogen-bond donors (Lipinski definition) is 2. The number of ether oxygens (including phenoxy) is 2. The summed E-state index contributed by atoms with van der Waals surface area (Å²) in [6.07, 6.45) is 3.14. The minimum absolute atomic E-state index is 0.292. The van der Waals surface area contributed by atoms with Gasteiger partial charge >= 0.3 is 18.1 Å². The molecule has 10 heteroatoms. The molecule has 2 aromatic carbocycles. The molecule has 4 aliphatic carbocycles. The molecule has 2 aromatic rings. The van der Waals surface area contributed by atoms with E-state index < -0.39 is 24.0 Å². The van der Waals surface area contributed by atoms with Crippen molar-refractivity contribution in [3.63, 3.8) is 0 Å². The number of benzene rings is 2. The molecule has 7 nitrogen and oxygen atoms in total. The van der Waals surface area contributed by atoms with Gasteiger partial charge in [-0.1, -0.05) is 42.5 Å². The third-order valence-electron chi connectivity index (χ3n) is 8.18. The first-order chi connectivity index (χ1) is 18.6. The molecular formula is C29H29F3N2O5. The van der Waals surface area contributed by atoms with Crippen LogP contribution in [0.4, 0.5) is 13.2 Å². The summed E-state index contributed by atoms with van der Waals surface area (Å²) in [5, 5.41) is 0. The maximum Gasteiger partial charge on any atom is 0.491 e. The number of carbonyl (C=O) groups excluding carboxylic acids is 3. The molecule has 0 aliphatic heterocycles. The molecule has 4 bridgehead atoms. The van der Waals surface area contributed by atoms with Crippen molar-refractivity contribution in [2.24, 2.45) is 23.6 Å². The van der Waals surface area contributed by atoms with Crippen molar-refractivity contribution in [2.45, 2.75) is 50.1 Å². The summed E-state index contributed by atoms with van der Waals surface area (Å²) in [5.74, 6) is 2.89. The normalized spacial score (nSPS) is 25.5. The Morgan fingerprint density at radius 3 is 2.15 bits per heavy atom. The lowest BCUT2D eigenvalue weighted by Crippen LogP contribution is -2.49. The van der Waals surface area contributed by atoms with Crippen molar-refractivity contribution in [3.8, 4) is 16.9 Å². The van der Waals surface area contributed by atoms with Gasteiger partial charge in [-0.25, -0.2) is 15.4 Å². The van der Waals surface area contributed by atoms with Crippen molar-refractivity contribution in [2.75, 3.05) is 6.61 Å². The maximum atomic E-state index is 12.6. The molecule has 0 heterocycles. The summed E-state index contributed by atoms with van der Waals surface area (Å²) < 4.78 is 47.9. The highest BCUT2D eigenvalue weighted by Gasteiger charge is 2.53. The van der Waals surface area contributed by atoms with E-state index >= 15 is 0 Å². The molecular weight excluding hydrogens is 513 g/mol. The fourth-order valence-electron chi connectivity index (χ4n) is 7.22. The first-order valence-electron chi connectivity index (χ1n) is 12.9. The van der Waals surface area contributed by atoms with E-state index in [9.17, 15) is 27.6 Å². The first-order valence-corrected chi connectivity index (χ1v) is 12.9. The quantitative estimate of drug-likeness (QED) is 0.130. The minimum atomic E-state index is -5.28. The van der Waals surface area contributed by atoms with Crippen molar-refractivity contribution in [1.29, 1.82) is 0 Å². The molecule has 3 N–H and O–H groups in total. The number of nitrogens with one attached hydrogen (secondary N) is 1. The van der Waals surface area contributed by atoms with Gasteiger partial charge < -0.3 is 9.47 Å². The van der Waals surface area contributed by atoms with Crippen LogP contribution in [-0.4, -0.2) is 30.6 Å². The molecule has 4 fully saturated rings. The van der Waals surface area contributed by atoms with Gasteiger partial charge in [-0.05, 0) is 73.5 Å². The highest BCUT2D eigenvalue weighted by molar-refractivity contribution is 5.96. The van der Waals surface area contributed by atoms with Crippen LogP contribution in [0.25, 0.3) is 17.2 Å². The number of hydrazine groups is 1. The Morgan fingerprint density at radius 1 is 0.974 bits per heavy atom. The van der Waals surface area contributed by atoms with Gasteiger partial charge in [0.05, 0.1) is 0 Å². The fraction of sp³-hybridized carbons (Fsp3) is 0.414. The highest BCUT2D eigenvalue weighted by atomic mass is 19.4. The molecule has 206 valence electrons. The van der Waals surface area contributed by atoms with Crippen LogP contribution in [0.1, 0.15) is 49.7 Å². The first kappa shape index (κ1) is 26.9. The minimum Gasteiger partial charge on any atom is -0.483 e. The number of alkyl halides is 3. The number of carbonyl (C=O) groups is 3. The molecule has 0 saturated heterocycles. The Balaban J connectivity index is 1.62. The van der Waals surface area contributed by atoms with Crippen LogP contribution in [0.5, 0.6) is 5.75 Å². The van der Waals surface area contributed by atoms with E-state index in [0.29, 0.717) is 29.1 Å². The van der Waals surface area contributed by atoms with Crippen LogP contribution in [-0.2, 0) is 24.5 Å². The molecule has 0 atom stereocenters. The molecule has 0 unspecified atom stereocenters. The van der Waals surface area contributed by atoms with Gasteiger partial charge in [0, 0.05) is 22.6 Å². The van der Waals surface area contributed by atoms with Gasteiger partial charge in [-0.15, -0.1) is 0 Å². The Morgan fingerprint density at radius 2 is 1.59 bits per heavy atom. The highest BCUT2D eigenvalue weighted by Crippen LogP contribution is 2.63. The summed E-state index contributed by atoms with van der Waals surface area (Å²) in [6.45, 7) is -0.342. The van der Waals surface area contributed by atoms with E-state index in [1.165, 1.54) is 25.3 Å². The van der Waals surface area contributed by atoms with Gasteiger partial charge in [-0.3, -0.25) is 10.2 Å². The van der Waals surface area contributed by atoms with Crippen LogP contribution < -0.4 is 16.0 Å². The molecule has 4 saturated carbocycles. The molecule has 39 heavy (non-hydrogen) atoms. The largest absolute Gasteiger partial charge is 0.491 e. The number of esters is 2.